The molecule has 2 aromatic rings. The first kappa shape index (κ1) is 35.2. The van der Waals surface area contributed by atoms with E-state index in [1.54, 1.807) is 30.2 Å². The predicted octanol–water partition coefficient (Wildman–Crippen LogP) is 4.34. The fraction of sp³-hybridized carbons (Fsp3) is 0.471. The van der Waals surface area contributed by atoms with E-state index in [9.17, 15) is 27.6 Å². The van der Waals surface area contributed by atoms with E-state index in [1.807, 2.05) is 30.5 Å². The number of ether oxygens (including phenoxy) is 1. The second kappa shape index (κ2) is 14.6. The van der Waals surface area contributed by atoms with Crippen molar-refractivity contribution in [2.45, 2.75) is 68.9 Å². The van der Waals surface area contributed by atoms with E-state index >= 15 is 0 Å². The Balaban J connectivity index is 1.34. The number of aromatic nitrogens is 1. The zero-order chi connectivity index (χ0) is 34.6. The Bertz CT molecular complexity index is 1730. The molecule has 3 saturated carbocycles. The second-order valence-electron chi connectivity index (χ2n) is 12.6. The Labute approximate surface area is 284 Å². The third kappa shape index (κ3) is 7.62. The van der Waals surface area contributed by atoms with Gasteiger partial charge in [0.15, 0.2) is 0 Å². The molecule has 3 N–H and O–H groups in total. The number of sulfonamides is 1. The molecule has 0 spiro atoms. The number of hydrogen-bond donors (Lipinski definition) is 3. The molecule has 14 heteroatoms. The third-order valence-corrected chi connectivity index (χ3v) is 11.9. The summed E-state index contributed by atoms with van der Waals surface area (Å²) in [6.45, 7) is 9.82. The Morgan fingerprint density at radius 1 is 1.19 bits per heavy atom. The molecular weight excluding hydrogens is 655 g/mol. The minimum Gasteiger partial charge on any atom is -0.446 e. The summed E-state index contributed by atoms with van der Waals surface area (Å²) in [7, 11) is -2.19. The molecule has 3 amide bonds. The van der Waals surface area contributed by atoms with Crippen LogP contribution in [0.15, 0.2) is 60.7 Å². The standard InChI is InChI=1S/C34H41N5O7S2/c1-5-7-8-9-15-39(4)32(42)25-19-22(46-33(43)36-29-13-10-21(3)17-26(29)31-35-14-16-47-31)18-24(25)30(41)37-34(27(6-2)28(34)20-40)38-48(44,45)23-11-12-23/h5-6,10,13-14,16-17,22-25,27,38H,1-2,7-9,11-12,15,18-19H2,3-4H3,(H,36,43)(H,37,41). The predicted molar refractivity (Wildman–Crippen MR) is 183 cm³/mol. The number of thiazole rings is 1. The molecular formula is C34H41N5O7S2. The van der Waals surface area contributed by atoms with Crippen molar-refractivity contribution < 1.29 is 32.3 Å². The van der Waals surface area contributed by atoms with Crippen molar-refractivity contribution in [3.63, 3.8) is 0 Å². The number of rotatable bonds is 15. The molecule has 1 heterocycles. The number of amides is 3. The highest BCUT2D eigenvalue weighted by Crippen LogP contribution is 2.49. The van der Waals surface area contributed by atoms with Crippen LogP contribution in [0.3, 0.4) is 0 Å². The highest BCUT2D eigenvalue weighted by atomic mass is 32.2. The van der Waals surface area contributed by atoms with Gasteiger partial charge in [-0.25, -0.2) is 23.0 Å². The monoisotopic (exact) mass is 695 g/mol. The highest BCUT2D eigenvalue weighted by molar-refractivity contribution is 7.90. The number of nitrogens with zero attached hydrogens (tertiary/aromatic N) is 2. The molecule has 5 atom stereocenters. The summed E-state index contributed by atoms with van der Waals surface area (Å²) in [4.78, 5) is 58.7. The number of hydrogen-bond acceptors (Lipinski definition) is 9. The maximum atomic E-state index is 14.0. The number of benzene rings is 1. The van der Waals surface area contributed by atoms with E-state index in [0.29, 0.717) is 25.1 Å². The number of anilines is 1. The molecule has 3 fully saturated rings. The number of allylic oxidation sites excluding steroid dienone is 1. The SMILES string of the molecule is C=CCCCCN(C)C(=O)C1CC(OC(=O)Nc2ccc(C)cc2-c2nccs2)CC1C(=O)NC1(NS(=O)(=O)C2CC2)C(=C=O)C1C=C. The van der Waals surface area contributed by atoms with Gasteiger partial charge in [-0.05, 0) is 64.0 Å². The van der Waals surface area contributed by atoms with Gasteiger partial charge in [0.2, 0.25) is 21.8 Å². The Kier molecular flexibility index (Phi) is 10.7. The molecule has 12 nitrogen and oxygen atoms in total. The van der Waals surface area contributed by atoms with E-state index < -0.39 is 56.8 Å². The topological polar surface area (TPSA) is 164 Å². The molecule has 5 rings (SSSR count). The van der Waals surface area contributed by atoms with Crippen molar-refractivity contribution in [2.24, 2.45) is 17.8 Å². The zero-order valence-electron chi connectivity index (χ0n) is 27.1. The summed E-state index contributed by atoms with van der Waals surface area (Å²) in [6, 6.07) is 5.53. The van der Waals surface area contributed by atoms with Gasteiger partial charge in [0.1, 0.15) is 22.7 Å². The maximum absolute atomic E-state index is 14.0. The summed E-state index contributed by atoms with van der Waals surface area (Å²) in [6.07, 6.45) is 6.75. The fourth-order valence-corrected chi connectivity index (χ4v) is 8.65. The Morgan fingerprint density at radius 2 is 1.94 bits per heavy atom. The Morgan fingerprint density at radius 3 is 2.56 bits per heavy atom. The van der Waals surface area contributed by atoms with Crippen molar-refractivity contribution in [1.82, 2.24) is 19.9 Å². The summed E-state index contributed by atoms with van der Waals surface area (Å²) in [5.74, 6) is -1.80. The Hall–Kier alpha value is -4.10. The minimum absolute atomic E-state index is 0.0107. The average Bonchev–Trinajstić information content (AvgIpc) is 3.87. The van der Waals surface area contributed by atoms with Crippen molar-refractivity contribution in [3.8, 4) is 10.6 Å². The van der Waals surface area contributed by atoms with Gasteiger partial charge in [-0.2, -0.15) is 4.72 Å². The van der Waals surface area contributed by atoms with Crippen LogP contribution < -0.4 is 15.4 Å². The van der Waals surface area contributed by atoms with Crippen LogP contribution in [-0.4, -0.2) is 72.8 Å². The van der Waals surface area contributed by atoms with Gasteiger partial charge in [0.05, 0.1) is 34.3 Å². The summed E-state index contributed by atoms with van der Waals surface area (Å²) < 4.78 is 34.2. The van der Waals surface area contributed by atoms with E-state index in [0.717, 1.165) is 35.4 Å². The molecule has 3 aliphatic rings. The van der Waals surface area contributed by atoms with Crippen molar-refractivity contribution in [2.75, 3.05) is 18.9 Å². The molecule has 3 aliphatic carbocycles. The van der Waals surface area contributed by atoms with Gasteiger partial charge < -0.3 is 15.0 Å². The zero-order valence-corrected chi connectivity index (χ0v) is 28.7. The first-order valence-corrected chi connectivity index (χ1v) is 18.4. The van der Waals surface area contributed by atoms with Gasteiger partial charge >= 0.3 is 6.09 Å². The molecule has 48 heavy (non-hydrogen) atoms. The summed E-state index contributed by atoms with van der Waals surface area (Å²) in [5.41, 5.74) is 0.521. The van der Waals surface area contributed by atoms with Crippen molar-refractivity contribution >= 4 is 50.9 Å². The minimum atomic E-state index is -3.85. The molecule has 5 unspecified atom stereocenters. The van der Waals surface area contributed by atoms with Crippen LogP contribution in [0.5, 0.6) is 0 Å². The molecule has 0 bridgehead atoms. The summed E-state index contributed by atoms with van der Waals surface area (Å²) in [5, 5.41) is 7.47. The molecule has 0 saturated heterocycles. The lowest BCUT2D eigenvalue weighted by atomic mass is 9.93. The lowest BCUT2D eigenvalue weighted by Crippen LogP contribution is -2.55. The summed E-state index contributed by atoms with van der Waals surface area (Å²) >= 11 is 1.43. The molecule has 0 aliphatic heterocycles. The van der Waals surface area contributed by atoms with Gasteiger partial charge in [0.25, 0.3) is 0 Å². The number of carbonyl (C=O) groups is 3. The van der Waals surface area contributed by atoms with Gasteiger partial charge in [-0.1, -0.05) is 23.8 Å². The average molecular weight is 696 g/mol. The number of unbranched alkanes of at least 4 members (excludes halogenated alkanes) is 2. The molecule has 0 radical (unpaired) electrons. The van der Waals surface area contributed by atoms with Crippen LogP contribution in [0.25, 0.3) is 10.6 Å². The van der Waals surface area contributed by atoms with Crippen LogP contribution in [0.4, 0.5) is 10.5 Å². The number of nitrogens with one attached hydrogen (secondary N) is 3. The molecule has 256 valence electrons. The normalized spacial score (nSPS) is 24.7. The first-order valence-electron chi connectivity index (χ1n) is 16.0. The van der Waals surface area contributed by atoms with E-state index in [4.69, 9.17) is 4.74 Å². The van der Waals surface area contributed by atoms with Crippen LogP contribution in [0, 0.1) is 24.7 Å². The highest BCUT2D eigenvalue weighted by Gasteiger charge is 2.65. The van der Waals surface area contributed by atoms with E-state index in [-0.39, 0.29) is 24.3 Å². The lowest BCUT2D eigenvalue weighted by molar-refractivity contribution is -0.140. The van der Waals surface area contributed by atoms with Crippen LogP contribution in [0.2, 0.25) is 0 Å². The van der Waals surface area contributed by atoms with E-state index in [2.05, 4.69) is 33.5 Å². The van der Waals surface area contributed by atoms with Crippen molar-refractivity contribution in [1.29, 1.82) is 0 Å². The fourth-order valence-electron chi connectivity index (χ4n) is 6.33. The largest absolute Gasteiger partial charge is 0.446 e. The van der Waals surface area contributed by atoms with Crippen LogP contribution in [-0.2, 0) is 29.1 Å². The van der Waals surface area contributed by atoms with Crippen LogP contribution >= 0.6 is 11.3 Å². The quantitative estimate of drug-likeness (QED) is 0.107. The van der Waals surface area contributed by atoms with Gasteiger partial charge in [-0.15, -0.1) is 24.5 Å². The lowest BCUT2D eigenvalue weighted by Gasteiger charge is -2.26. The van der Waals surface area contributed by atoms with Gasteiger partial charge in [0, 0.05) is 30.7 Å². The molecule has 1 aromatic carbocycles. The van der Waals surface area contributed by atoms with E-state index in [1.165, 1.54) is 17.4 Å². The van der Waals surface area contributed by atoms with Crippen molar-refractivity contribution in [3.05, 3.63) is 66.2 Å². The van der Waals surface area contributed by atoms with Gasteiger partial charge in [-0.3, -0.25) is 14.9 Å². The second-order valence-corrected chi connectivity index (χ2v) is 15.5. The maximum Gasteiger partial charge on any atom is 0.411 e. The third-order valence-electron chi connectivity index (χ3n) is 9.10. The van der Waals surface area contributed by atoms with Crippen LogP contribution in [0.1, 0.15) is 50.5 Å². The first-order chi connectivity index (χ1) is 22.9. The number of aryl methyl sites for hydroxylation is 1. The molecule has 1 aromatic heterocycles. The smallest absolute Gasteiger partial charge is 0.411 e. The number of carbonyl (C=O) groups excluding carboxylic acids is 4.